The standard InChI is InChI=1S/C10H12Cl2N2O/c1-7(5-13)14-15-6-8-2-3-9(11)10(12)4-8/h2-4H,5-6,13H2,1H3. The maximum Gasteiger partial charge on any atom is 0.142 e. The number of rotatable bonds is 4. The summed E-state index contributed by atoms with van der Waals surface area (Å²) < 4.78 is 0. The van der Waals surface area contributed by atoms with Crippen molar-refractivity contribution in [1.82, 2.24) is 0 Å². The lowest BCUT2D eigenvalue weighted by Gasteiger charge is -2.02. The molecule has 1 aromatic rings. The van der Waals surface area contributed by atoms with Gasteiger partial charge in [-0.1, -0.05) is 34.4 Å². The van der Waals surface area contributed by atoms with Crippen LogP contribution in [0.3, 0.4) is 0 Å². The van der Waals surface area contributed by atoms with E-state index in [-0.39, 0.29) is 0 Å². The van der Waals surface area contributed by atoms with E-state index in [9.17, 15) is 0 Å². The van der Waals surface area contributed by atoms with Gasteiger partial charge in [-0.2, -0.15) is 0 Å². The molecular weight excluding hydrogens is 235 g/mol. The average molecular weight is 247 g/mol. The van der Waals surface area contributed by atoms with Gasteiger partial charge in [0, 0.05) is 6.54 Å². The molecule has 2 N–H and O–H groups in total. The molecule has 5 heteroatoms. The van der Waals surface area contributed by atoms with Crippen LogP contribution in [0.2, 0.25) is 10.0 Å². The molecule has 0 spiro atoms. The zero-order valence-corrected chi connectivity index (χ0v) is 9.85. The fraction of sp³-hybridized carbons (Fsp3) is 0.300. The van der Waals surface area contributed by atoms with Crippen molar-refractivity contribution in [3.63, 3.8) is 0 Å². The van der Waals surface area contributed by atoms with E-state index in [2.05, 4.69) is 5.16 Å². The van der Waals surface area contributed by atoms with E-state index in [4.69, 9.17) is 33.8 Å². The Bertz CT molecular complexity index is 366. The largest absolute Gasteiger partial charge is 0.391 e. The van der Waals surface area contributed by atoms with E-state index in [0.717, 1.165) is 11.3 Å². The Morgan fingerprint density at radius 1 is 1.40 bits per heavy atom. The van der Waals surface area contributed by atoms with Gasteiger partial charge in [-0.15, -0.1) is 0 Å². The van der Waals surface area contributed by atoms with Crippen molar-refractivity contribution in [2.75, 3.05) is 6.54 Å². The molecule has 0 unspecified atom stereocenters. The minimum Gasteiger partial charge on any atom is -0.391 e. The van der Waals surface area contributed by atoms with Crippen LogP contribution in [-0.2, 0) is 11.4 Å². The van der Waals surface area contributed by atoms with Crippen LogP contribution in [0, 0.1) is 0 Å². The molecule has 0 atom stereocenters. The minimum absolute atomic E-state index is 0.355. The summed E-state index contributed by atoms with van der Waals surface area (Å²) in [6.07, 6.45) is 0. The number of benzene rings is 1. The van der Waals surface area contributed by atoms with Crippen LogP contribution in [0.15, 0.2) is 23.4 Å². The third-order valence-corrected chi connectivity index (χ3v) is 2.47. The molecule has 0 fully saturated rings. The lowest BCUT2D eigenvalue weighted by molar-refractivity contribution is 0.130. The van der Waals surface area contributed by atoms with Crippen molar-refractivity contribution in [3.05, 3.63) is 33.8 Å². The molecule has 0 saturated heterocycles. The Kier molecular flexibility index (Phi) is 4.88. The molecule has 0 aliphatic heterocycles. The Hall–Kier alpha value is -0.770. The number of nitrogens with zero attached hydrogens (tertiary/aromatic N) is 1. The number of hydrogen-bond donors (Lipinski definition) is 1. The molecule has 0 radical (unpaired) electrons. The van der Waals surface area contributed by atoms with E-state index in [1.807, 2.05) is 6.07 Å². The van der Waals surface area contributed by atoms with Crippen molar-refractivity contribution in [2.45, 2.75) is 13.5 Å². The summed E-state index contributed by atoms with van der Waals surface area (Å²) >= 11 is 11.6. The van der Waals surface area contributed by atoms with Gasteiger partial charge in [0.15, 0.2) is 0 Å². The summed E-state index contributed by atoms with van der Waals surface area (Å²) in [7, 11) is 0. The van der Waals surface area contributed by atoms with E-state index < -0.39 is 0 Å². The summed E-state index contributed by atoms with van der Waals surface area (Å²) in [6, 6.07) is 5.31. The van der Waals surface area contributed by atoms with Gasteiger partial charge in [0.25, 0.3) is 0 Å². The zero-order chi connectivity index (χ0) is 11.3. The number of halogens is 2. The molecular formula is C10H12Cl2N2O. The first-order chi connectivity index (χ1) is 7.13. The molecule has 1 aromatic carbocycles. The van der Waals surface area contributed by atoms with Gasteiger partial charge in [-0.3, -0.25) is 0 Å². The first-order valence-electron chi connectivity index (χ1n) is 4.43. The van der Waals surface area contributed by atoms with E-state index in [1.165, 1.54) is 0 Å². The van der Waals surface area contributed by atoms with Gasteiger partial charge in [0.2, 0.25) is 0 Å². The Morgan fingerprint density at radius 3 is 2.73 bits per heavy atom. The van der Waals surface area contributed by atoms with Crippen molar-refractivity contribution in [1.29, 1.82) is 0 Å². The van der Waals surface area contributed by atoms with Gasteiger partial charge in [-0.25, -0.2) is 0 Å². The number of hydrogen-bond acceptors (Lipinski definition) is 3. The minimum atomic E-state index is 0.355. The summed E-state index contributed by atoms with van der Waals surface area (Å²) in [4.78, 5) is 5.07. The van der Waals surface area contributed by atoms with Gasteiger partial charge in [0.1, 0.15) is 6.61 Å². The van der Waals surface area contributed by atoms with Crippen LogP contribution in [0.1, 0.15) is 12.5 Å². The Balaban J connectivity index is 2.55. The second-order valence-electron chi connectivity index (χ2n) is 3.05. The maximum absolute atomic E-state index is 5.84. The Morgan fingerprint density at radius 2 is 2.13 bits per heavy atom. The lowest BCUT2D eigenvalue weighted by Crippen LogP contribution is -2.09. The highest BCUT2D eigenvalue weighted by atomic mass is 35.5. The molecule has 0 aliphatic rings. The molecule has 3 nitrogen and oxygen atoms in total. The van der Waals surface area contributed by atoms with Crippen molar-refractivity contribution < 1.29 is 4.84 Å². The predicted molar refractivity (Wildman–Crippen MR) is 63.4 cm³/mol. The maximum atomic E-state index is 5.84. The van der Waals surface area contributed by atoms with Gasteiger partial charge in [0.05, 0.1) is 15.8 Å². The quantitative estimate of drug-likeness (QED) is 0.656. The normalized spacial score (nSPS) is 11.6. The first kappa shape index (κ1) is 12.3. The predicted octanol–water partition coefficient (Wildman–Crippen LogP) is 2.84. The fourth-order valence-corrected chi connectivity index (χ4v) is 1.20. The average Bonchev–Trinajstić information content (AvgIpc) is 2.23. The highest BCUT2D eigenvalue weighted by Gasteiger charge is 1.99. The SMILES string of the molecule is CC(CN)=NOCc1ccc(Cl)c(Cl)c1. The van der Waals surface area contributed by atoms with Crippen LogP contribution in [0.4, 0.5) is 0 Å². The summed E-state index contributed by atoms with van der Waals surface area (Å²) in [6.45, 7) is 2.55. The Labute approximate surface area is 98.8 Å². The molecule has 1 rings (SSSR count). The fourth-order valence-electron chi connectivity index (χ4n) is 0.884. The van der Waals surface area contributed by atoms with Crippen LogP contribution >= 0.6 is 23.2 Å². The molecule has 0 heterocycles. The number of nitrogens with two attached hydrogens (primary N) is 1. The number of oxime groups is 1. The second-order valence-corrected chi connectivity index (χ2v) is 3.87. The molecule has 15 heavy (non-hydrogen) atoms. The van der Waals surface area contributed by atoms with Crippen LogP contribution < -0.4 is 5.73 Å². The molecule has 0 aliphatic carbocycles. The van der Waals surface area contributed by atoms with E-state index in [0.29, 0.717) is 23.2 Å². The molecule has 0 amide bonds. The van der Waals surface area contributed by atoms with Gasteiger partial charge >= 0.3 is 0 Å². The third-order valence-electron chi connectivity index (χ3n) is 1.73. The van der Waals surface area contributed by atoms with Gasteiger partial charge in [-0.05, 0) is 24.6 Å². The van der Waals surface area contributed by atoms with E-state index >= 15 is 0 Å². The van der Waals surface area contributed by atoms with Crippen LogP contribution in [0.25, 0.3) is 0 Å². The highest BCUT2D eigenvalue weighted by molar-refractivity contribution is 6.42. The third kappa shape index (κ3) is 4.08. The van der Waals surface area contributed by atoms with Crippen molar-refractivity contribution in [2.24, 2.45) is 10.9 Å². The molecule has 0 bridgehead atoms. The topological polar surface area (TPSA) is 47.6 Å². The first-order valence-corrected chi connectivity index (χ1v) is 5.18. The van der Waals surface area contributed by atoms with Gasteiger partial charge < -0.3 is 10.6 Å². The van der Waals surface area contributed by atoms with Crippen molar-refractivity contribution in [3.8, 4) is 0 Å². The van der Waals surface area contributed by atoms with Crippen LogP contribution in [0.5, 0.6) is 0 Å². The molecule has 0 saturated carbocycles. The van der Waals surface area contributed by atoms with E-state index in [1.54, 1.807) is 19.1 Å². The van der Waals surface area contributed by atoms with Crippen molar-refractivity contribution >= 4 is 28.9 Å². The smallest absolute Gasteiger partial charge is 0.142 e. The zero-order valence-electron chi connectivity index (χ0n) is 8.34. The highest BCUT2D eigenvalue weighted by Crippen LogP contribution is 2.22. The summed E-state index contributed by atoms with van der Waals surface area (Å²) in [5.41, 5.74) is 7.01. The lowest BCUT2D eigenvalue weighted by atomic mass is 10.2. The second kappa shape index (κ2) is 5.95. The summed E-state index contributed by atoms with van der Waals surface area (Å²) in [5, 5.41) is 4.85. The monoisotopic (exact) mass is 246 g/mol. The molecule has 82 valence electrons. The summed E-state index contributed by atoms with van der Waals surface area (Å²) in [5.74, 6) is 0. The van der Waals surface area contributed by atoms with Crippen LogP contribution in [-0.4, -0.2) is 12.3 Å². The molecule has 0 aromatic heterocycles.